The number of piperazine rings is 1. The summed E-state index contributed by atoms with van der Waals surface area (Å²) in [6, 6.07) is 17.5. The number of rotatable bonds is 6. The average molecular weight is 460 g/mol. The van der Waals surface area contributed by atoms with Crippen LogP contribution in [-0.2, 0) is 17.9 Å². The van der Waals surface area contributed by atoms with E-state index in [1.54, 1.807) is 17.4 Å². The molecule has 0 spiro atoms. The second-order valence-electron chi connectivity index (χ2n) is 8.16. The van der Waals surface area contributed by atoms with Crippen LogP contribution in [0.15, 0.2) is 71.1 Å². The molecule has 2 aromatic heterocycles. The van der Waals surface area contributed by atoms with E-state index in [1.807, 2.05) is 41.3 Å². The van der Waals surface area contributed by atoms with E-state index in [4.69, 9.17) is 4.98 Å². The number of amides is 1. The lowest BCUT2D eigenvalue weighted by atomic mass is 10.2. The van der Waals surface area contributed by atoms with E-state index < -0.39 is 0 Å². The summed E-state index contributed by atoms with van der Waals surface area (Å²) in [6.07, 6.45) is 1.83. The van der Waals surface area contributed by atoms with Crippen LogP contribution >= 0.6 is 11.3 Å². The van der Waals surface area contributed by atoms with Gasteiger partial charge in [-0.25, -0.2) is 9.97 Å². The Morgan fingerprint density at radius 1 is 0.970 bits per heavy atom. The van der Waals surface area contributed by atoms with Gasteiger partial charge in [-0.15, -0.1) is 11.3 Å². The van der Waals surface area contributed by atoms with E-state index in [1.165, 1.54) is 10.9 Å². The van der Waals surface area contributed by atoms with Crippen LogP contribution in [0.2, 0.25) is 0 Å². The molecule has 1 aliphatic heterocycles. The maximum Gasteiger partial charge on any atom is 0.261 e. The van der Waals surface area contributed by atoms with Gasteiger partial charge in [0.1, 0.15) is 5.01 Å². The highest BCUT2D eigenvalue weighted by molar-refractivity contribution is 7.09. The molecule has 1 saturated heterocycles. The minimum absolute atomic E-state index is 0.0790. The van der Waals surface area contributed by atoms with Crippen LogP contribution in [0.1, 0.15) is 11.4 Å². The first-order chi connectivity index (χ1) is 16.2. The Balaban J connectivity index is 1.12. The number of carbonyl (C=O) groups excluding carboxylic acids is 1. The number of para-hydroxylation sites is 1. The van der Waals surface area contributed by atoms with Gasteiger partial charge < -0.3 is 4.90 Å². The molecular formula is C25H25N5O2S. The number of hydrogen-bond acceptors (Lipinski definition) is 6. The smallest absolute Gasteiger partial charge is 0.261 e. The Morgan fingerprint density at radius 3 is 2.55 bits per heavy atom. The molecule has 168 valence electrons. The highest BCUT2D eigenvalue weighted by Gasteiger charge is 2.22. The zero-order chi connectivity index (χ0) is 22.6. The third kappa shape index (κ3) is 4.86. The predicted octanol–water partition coefficient (Wildman–Crippen LogP) is 3.25. The molecule has 5 rings (SSSR count). The second kappa shape index (κ2) is 9.64. The van der Waals surface area contributed by atoms with Gasteiger partial charge in [0, 0.05) is 50.1 Å². The van der Waals surface area contributed by atoms with Crippen LogP contribution in [0, 0.1) is 0 Å². The van der Waals surface area contributed by atoms with Crippen molar-refractivity contribution in [1.82, 2.24) is 24.3 Å². The van der Waals surface area contributed by atoms with Crippen LogP contribution in [0.25, 0.3) is 22.2 Å². The number of benzene rings is 2. The first kappa shape index (κ1) is 21.5. The van der Waals surface area contributed by atoms with Crippen molar-refractivity contribution in [3.8, 4) is 11.3 Å². The molecule has 0 saturated carbocycles. The fourth-order valence-corrected chi connectivity index (χ4v) is 4.96. The fraction of sp³-hybridized carbons (Fsp3) is 0.280. The van der Waals surface area contributed by atoms with Crippen molar-refractivity contribution in [3.63, 3.8) is 0 Å². The minimum atomic E-state index is -0.100. The molecule has 7 nitrogen and oxygen atoms in total. The van der Waals surface area contributed by atoms with Gasteiger partial charge in [0.05, 0.1) is 29.5 Å². The molecule has 0 N–H and O–H groups in total. The summed E-state index contributed by atoms with van der Waals surface area (Å²) < 4.78 is 1.53. The van der Waals surface area contributed by atoms with Gasteiger partial charge in [-0.3, -0.25) is 19.1 Å². The van der Waals surface area contributed by atoms with Crippen molar-refractivity contribution in [1.29, 1.82) is 0 Å². The molecule has 0 atom stereocenters. The predicted molar refractivity (Wildman–Crippen MR) is 130 cm³/mol. The van der Waals surface area contributed by atoms with Crippen molar-refractivity contribution in [2.45, 2.75) is 19.5 Å². The van der Waals surface area contributed by atoms with Crippen molar-refractivity contribution in [2.24, 2.45) is 0 Å². The quantitative estimate of drug-likeness (QED) is 0.443. The molecule has 8 heteroatoms. The molecule has 33 heavy (non-hydrogen) atoms. The topological polar surface area (TPSA) is 71.3 Å². The van der Waals surface area contributed by atoms with Crippen LogP contribution in [-0.4, -0.2) is 56.4 Å². The van der Waals surface area contributed by atoms with Gasteiger partial charge in [-0.2, -0.15) is 0 Å². The first-order valence-electron chi connectivity index (χ1n) is 11.1. The molecule has 1 aliphatic rings. The second-order valence-corrected chi connectivity index (χ2v) is 9.10. The summed E-state index contributed by atoms with van der Waals surface area (Å²) in [4.78, 5) is 38.7. The largest absolute Gasteiger partial charge is 0.340 e. The lowest BCUT2D eigenvalue weighted by Gasteiger charge is -2.34. The van der Waals surface area contributed by atoms with Crippen molar-refractivity contribution >= 4 is 28.1 Å². The van der Waals surface area contributed by atoms with Crippen LogP contribution < -0.4 is 5.56 Å². The van der Waals surface area contributed by atoms with Crippen molar-refractivity contribution in [2.75, 3.05) is 26.2 Å². The Hall–Kier alpha value is -3.36. The zero-order valence-electron chi connectivity index (χ0n) is 18.3. The van der Waals surface area contributed by atoms with Crippen LogP contribution in [0.4, 0.5) is 0 Å². The Morgan fingerprint density at radius 2 is 1.73 bits per heavy atom. The summed E-state index contributed by atoms with van der Waals surface area (Å²) in [6.45, 7) is 4.18. The molecule has 0 aliphatic carbocycles. The number of nitrogens with zero attached hydrogens (tertiary/aromatic N) is 5. The monoisotopic (exact) mass is 459 g/mol. The highest BCUT2D eigenvalue weighted by atomic mass is 32.1. The normalized spacial score (nSPS) is 14.6. The average Bonchev–Trinajstić information content (AvgIpc) is 3.33. The summed E-state index contributed by atoms with van der Waals surface area (Å²) >= 11 is 1.68. The third-order valence-corrected chi connectivity index (χ3v) is 6.84. The summed E-state index contributed by atoms with van der Waals surface area (Å²) in [7, 11) is 0. The molecular weight excluding hydrogens is 434 g/mol. The Bertz CT molecular complexity index is 1310. The van der Waals surface area contributed by atoms with E-state index >= 15 is 0 Å². The fourth-order valence-electron chi connectivity index (χ4n) is 4.11. The summed E-state index contributed by atoms with van der Waals surface area (Å²) in [5.74, 6) is 0.0790. The molecule has 0 radical (unpaired) electrons. The van der Waals surface area contributed by atoms with E-state index in [0.717, 1.165) is 35.9 Å². The SMILES string of the molecule is O=C(CCn1cnc2ccccc2c1=O)N1CCN(Cc2nc(-c3ccccc3)cs2)CC1. The van der Waals surface area contributed by atoms with Gasteiger partial charge in [-0.1, -0.05) is 42.5 Å². The lowest BCUT2D eigenvalue weighted by Crippen LogP contribution is -2.48. The highest BCUT2D eigenvalue weighted by Crippen LogP contribution is 2.22. The number of hydrogen-bond donors (Lipinski definition) is 0. The lowest BCUT2D eigenvalue weighted by molar-refractivity contribution is -0.133. The van der Waals surface area contributed by atoms with E-state index in [9.17, 15) is 9.59 Å². The molecule has 4 aromatic rings. The van der Waals surface area contributed by atoms with Gasteiger partial charge in [-0.05, 0) is 12.1 Å². The van der Waals surface area contributed by atoms with Gasteiger partial charge >= 0.3 is 0 Å². The van der Waals surface area contributed by atoms with Gasteiger partial charge in [0.15, 0.2) is 0 Å². The third-order valence-electron chi connectivity index (χ3n) is 6.00. The van der Waals surface area contributed by atoms with Gasteiger partial charge in [0.2, 0.25) is 5.91 Å². The molecule has 1 amide bonds. The maximum atomic E-state index is 12.7. The Kier molecular flexibility index (Phi) is 6.28. The first-order valence-corrected chi connectivity index (χ1v) is 12.0. The Labute approximate surface area is 195 Å². The van der Waals surface area contributed by atoms with Crippen LogP contribution in [0.5, 0.6) is 0 Å². The molecule has 1 fully saturated rings. The molecule has 2 aromatic carbocycles. The number of aromatic nitrogens is 3. The molecule has 3 heterocycles. The number of aryl methyl sites for hydroxylation is 1. The molecule has 0 bridgehead atoms. The van der Waals surface area contributed by atoms with E-state index in [-0.39, 0.29) is 11.5 Å². The maximum absolute atomic E-state index is 12.7. The number of carbonyl (C=O) groups is 1. The minimum Gasteiger partial charge on any atom is -0.340 e. The van der Waals surface area contributed by atoms with Crippen LogP contribution in [0.3, 0.4) is 0 Å². The summed E-state index contributed by atoms with van der Waals surface area (Å²) in [5.41, 5.74) is 2.73. The van der Waals surface area contributed by atoms with Crippen molar-refractivity contribution < 1.29 is 4.79 Å². The zero-order valence-corrected chi connectivity index (χ0v) is 19.1. The summed E-state index contributed by atoms with van der Waals surface area (Å²) in [5, 5.41) is 3.78. The van der Waals surface area contributed by atoms with Crippen molar-refractivity contribution in [3.05, 3.63) is 81.7 Å². The number of thiazole rings is 1. The number of fused-ring (bicyclic) bond motifs is 1. The van der Waals surface area contributed by atoms with Gasteiger partial charge in [0.25, 0.3) is 5.56 Å². The standard InChI is InChI=1S/C25H25N5O2S/c31-24(10-11-30-18-26-21-9-5-4-8-20(21)25(30)32)29-14-12-28(13-15-29)16-23-27-22(17-33-23)19-6-2-1-3-7-19/h1-9,17-18H,10-16H2. The van der Waals surface area contributed by atoms with E-state index in [2.05, 4.69) is 27.4 Å². The molecule has 0 unspecified atom stereocenters. The van der Waals surface area contributed by atoms with E-state index in [0.29, 0.717) is 37.0 Å².